The number of rotatable bonds is 2. The predicted molar refractivity (Wildman–Crippen MR) is 41.7 cm³/mol. The van der Waals surface area contributed by atoms with Crippen LogP contribution in [0.2, 0.25) is 0 Å². The van der Waals surface area contributed by atoms with E-state index in [4.69, 9.17) is 0 Å². The van der Waals surface area contributed by atoms with Gasteiger partial charge in [-0.1, -0.05) is 23.4 Å². The molecule has 0 N–H and O–H groups in total. The predicted octanol–water partition coefficient (Wildman–Crippen LogP) is 2.42. The maximum atomic E-state index is 10.1. The lowest BCUT2D eigenvalue weighted by Crippen LogP contribution is -2.02. The van der Waals surface area contributed by atoms with E-state index in [2.05, 4.69) is 11.3 Å². The third-order valence-electron chi connectivity index (χ3n) is 1.74. The minimum absolute atomic E-state index is 0.134. The van der Waals surface area contributed by atoms with Gasteiger partial charge in [-0.05, 0) is 25.3 Å². The van der Waals surface area contributed by atoms with E-state index < -0.39 is 0 Å². The molecule has 0 saturated heterocycles. The molecule has 0 saturated carbocycles. The van der Waals surface area contributed by atoms with Crippen LogP contribution >= 0.6 is 0 Å². The lowest BCUT2D eigenvalue weighted by molar-refractivity contribution is 0.777. The molecule has 1 rings (SSSR count). The number of nitrogens with zero attached hydrogens (tertiary/aromatic N) is 1. The van der Waals surface area contributed by atoms with E-state index in [0.29, 0.717) is 0 Å². The van der Waals surface area contributed by atoms with Crippen LogP contribution in [0.3, 0.4) is 0 Å². The Balaban J connectivity index is 2.61. The van der Waals surface area contributed by atoms with Crippen LogP contribution in [0.4, 0.5) is 0 Å². The third kappa shape index (κ3) is 1.53. The molecule has 2 nitrogen and oxygen atoms in total. The largest absolute Gasteiger partial charge is 0.150 e. The van der Waals surface area contributed by atoms with Crippen molar-refractivity contribution in [3.05, 3.63) is 28.7 Å². The average molecular weight is 137 g/mol. The summed E-state index contributed by atoms with van der Waals surface area (Å²) in [6, 6.07) is -0.134. The Morgan fingerprint density at radius 3 is 3.00 bits per heavy atom. The molecule has 0 aromatic rings. The van der Waals surface area contributed by atoms with Gasteiger partial charge >= 0.3 is 0 Å². The van der Waals surface area contributed by atoms with Gasteiger partial charge in [-0.2, -0.15) is 4.91 Å². The number of nitroso groups, excluding NO2 is 1. The van der Waals surface area contributed by atoms with E-state index in [0.717, 1.165) is 18.4 Å². The molecule has 0 aliphatic heterocycles. The summed E-state index contributed by atoms with van der Waals surface area (Å²) in [6.45, 7) is 1.83. The molecule has 1 aliphatic carbocycles. The van der Waals surface area contributed by atoms with Gasteiger partial charge in [0.2, 0.25) is 0 Å². The van der Waals surface area contributed by atoms with Gasteiger partial charge < -0.3 is 0 Å². The Kier molecular flexibility index (Phi) is 2.37. The highest BCUT2D eigenvalue weighted by molar-refractivity contribution is 5.21. The van der Waals surface area contributed by atoms with E-state index in [1.807, 2.05) is 19.1 Å². The molecular formula is C8H11NO. The second kappa shape index (κ2) is 3.30. The van der Waals surface area contributed by atoms with Crippen LogP contribution in [0.1, 0.15) is 19.8 Å². The van der Waals surface area contributed by atoms with E-state index in [-0.39, 0.29) is 6.04 Å². The highest BCUT2D eigenvalue weighted by Crippen LogP contribution is 2.16. The third-order valence-corrected chi connectivity index (χ3v) is 1.74. The fourth-order valence-electron chi connectivity index (χ4n) is 1.04. The normalized spacial score (nSPS) is 19.9. The zero-order chi connectivity index (χ0) is 7.40. The monoisotopic (exact) mass is 137 g/mol. The fraction of sp³-hybridized carbons (Fsp3) is 0.500. The van der Waals surface area contributed by atoms with E-state index in [9.17, 15) is 4.91 Å². The van der Waals surface area contributed by atoms with Gasteiger partial charge in [0, 0.05) is 0 Å². The minimum Gasteiger partial charge on any atom is -0.150 e. The molecule has 0 spiro atoms. The molecule has 1 atom stereocenters. The Morgan fingerprint density at radius 2 is 2.50 bits per heavy atom. The van der Waals surface area contributed by atoms with E-state index in [1.165, 1.54) is 0 Å². The van der Waals surface area contributed by atoms with E-state index in [1.54, 1.807) is 0 Å². The summed E-state index contributed by atoms with van der Waals surface area (Å²) < 4.78 is 0. The molecule has 0 fully saturated rings. The molecule has 0 radical (unpaired) electrons. The summed E-state index contributed by atoms with van der Waals surface area (Å²) >= 11 is 0. The Hall–Kier alpha value is -0.920. The lowest BCUT2D eigenvalue weighted by atomic mass is 10.00. The SMILES string of the molecule is CC(N=O)C1=CC=CCC1. The quantitative estimate of drug-likeness (QED) is 0.537. The molecule has 0 aromatic carbocycles. The van der Waals surface area contributed by atoms with Gasteiger partial charge in [0.05, 0.1) is 0 Å². The number of hydrogen-bond donors (Lipinski definition) is 0. The van der Waals surface area contributed by atoms with Crippen LogP contribution in [0.5, 0.6) is 0 Å². The van der Waals surface area contributed by atoms with Gasteiger partial charge in [-0.15, -0.1) is 0 Å². The summed E-state index contributed by atoms with van der Waals surface area (Å²) in [5.41, 5.74) is 1.15. The second-order valence-electron chi connectivity index (χ2n) is 2.49. The fourth-order valence-corrected chi connectivity index (χ4v) is 1.04. The first-order chi connectivity index (χ1) is 4.84. The zero-order valence-electron chi connectivity index (χ0n) is 6.08. The topological polar surface area (TPSA) is 29.4 Å². The van der Waals surface area contributed by atoms with Crippen LogP contribution in [0.15, 0.2) is 29.0 Å². The molecule has 10 heavy (non-hydrogen) atoms. The van der Waals surface area contributed by atoms with Crippen molar-refractivity contribution >= 4 is 0 Å². The summed E-state index contributed by atoms with van der Waals surface area (Å²) in [4.78, 5) is 10.1. The number of hydrogen-bond acceptors (Lipinski definition) is 2. The minimum atomic E-state index is -0.134. The van der Waals surface area contributed by atoms with Gasteiger partial charge in [0.15, 0.2) is 0 Å². The van der Waals surface area contributed by atoms with Crippen molar-refractivity contribution in [1.29, 1.82) is 0 Å². The smallest absolute Gasteiger partial charge is 0.110 e. The molecule has 0 heterocycles. The van der Waals surface area contributed by atoms with Crippen molar-refractivity contribution in [2.75, 3.05) is 0 Å². The summed E-state index contributed by atoms with van der Waals surface area (Å²) in [6.07, 6.45) is 8.10. The highest BCUT2D eigenvalue weighted by atomic mass is 16.3. The standard InChI is InChI=1S/C8H11NO/c1-7(9-10)8-5-3-2-4-6-8/h2-3,5,7H,4,6H2,1H3. The van der Waals surface area contributed by atoms with Crippen LogP contribution < -0.4 is 0 Å². The van der Waals surface area contributed by atoms with Gasteiger partial charge in [-0.25, -0.2) is 0 Å². The number of allylic oxidation sites excluding steroid dienone is 3. The first-order valence-corrected chi connectivity index (χ1v) is 3.52. The summed E-state index contributed by atoms with van der Waals surface area (Å²) in [7, 11) is 0. The Bertz CT molecular complexity index is 182. The van der Waals surface area contributed by atoms with Gasteiger partial charge in [0.1, 0.15) is 6.04 Å². The molecular weight excluding hydrogens is 126 g/mol. The molecule has 1 aliphatic rings. The van der Waals surface area contributed by atoms with Gasteiger partial charge in [-0.3, -0.25) is 0 Å². The van der Waals surface area contributed by atoms with Crippen molar-refractivity contribution in [2.24, 2.45) is 5.18 Å². The van der Waals surface area contributed by atoms with Crippen molar-refractivity contribution in [3.8, 4) is 0 Å². The second-order valence-corrected chi connectivity index (χ2v) is 2.49. The van der Waals surface area contributed by atoms with Crippen molar-refractivity contribution in [3.63, 3.8) is 0 Å². The molecule has 2 heteroatoms. The van der Waals surface area contributed by atoms with Crippen molar-refractivity contribution in [2.45, 2.75) is 25.8 Å². The van der Waals surface area contributed by atoms with Gasteiger partial charge in [0.25, 0.3) is 0 Å². The first kappa shape index (κ1) is 7.19. The maximum Gasteiger partial charge on any atom is 0.110 e. The molecule has 0 bridgehead atoms. The molecule has 1 unspecified atom stereocenters. The summed E-state index contributed by atoms with van der Waals surface area (Å²) in [5, 5.41) is 2.96. The molecule has 0 amide bonds. The maximum absolute atomic E-state index is 10.1. The average Bonchev–Trinajstić information content (AvgIpc) is 2.05. The first-order valence-electron chi connectivity index (χ1n) is 3.52. The Morgan fingerprint density at radius 1 is 1.70 bits per heavy atom. The highest BCUT2D eigenvalue weighted by Gasteiger charge is 2.07. The zero-order valence-corrected chi connectivity index (χ0v) is 6.08. The molecule has 0 aromatic heterocycles. The van der Waals surface area contributed by atoms with Crippen LogP contribution in [-0.2, 0) is 0 Å². The van der Waals surface area contributed by atoms with Crippen molar-refractivity contribution in [1.82, 2.24) is 0 Å². The lowest BCUT2D eigenvalue weighted by Gasteiger charge is -2.09. The van der Waals surface area contributed by atoms with Crippen LogP contribution in [0.25, 0.3) is 0 Å². The van der Waals surface area contributed by atoms with E-state index >= 15 is 0 Å². The molecule has 54 valence electrons. The van der Waals surface area contributed by atoms with Crippen LogP contribution in [-0.4, -0.2) is 6.04 Å². The van der Waals surface area contributed by atoms with Crippen LogP contribution in [0, 0.1) is 4.91 Å². The summed E-state index contributed by atoms with van der Waals surface area (Å²) in [5.74, 6) is 0. The van der Waals surface area contributed by atoms with Crippen molar-refractivity contribution < 1.29 is 0 Å². The Labute approximate surface area is 60.6 Å².